The Morgan fingerprint density at radius 1 is 1.30 bits per heavy atom. The largest absolute Gasteiger partial charge is 0.398 e. The van der Waals surface area contributed by atoms with Gasteiger partial charge in [-0.25, -0.2) is 0 Å². The van der Waals surface area contributed by atoms with Crippen LogP contribution in [0.2, 0.25) is 5.02 Å². The Morgan fingerprint density at radius 2 is 2.15 bits per heavy atom. The molecule has 0 aliphatic carbocycles. The number of nitrogen functional groups attached to an aromatic ring is 1. The number of hydrogen-bond acceptors (Lipinski definition) is 3. The highest BCUT2D eigenvalue weighted by atomic mass is 35.5. The van der Waals surface area contributed by atoms with Crippen LogP contribution in [0.15, 0.2) is 42.6 Å². The van der Waals surface area contributed by atoms with Crippen LogP contribution in [0.3, 0.4) is 0 Å². The summed E-state index contributed by atoms with van der Waals surface area (Å²) in [6, 6.07) is 10.3. The zero-order chi connectivity index (χ0) is 14.1. The van der Waals surface area contributed by atoms with Gasteiger partial charge < -0.3 is 11.1 Å². The van der Waals surface area contributed by atoms with Crippen molar-refractivity contribution in [3.63, 3.8) is 0 Å². The minimum Gasteiger partial charge on any atom is -0.398 e. The van der Waals surface area contributed by atoms with Crippen molar-refractivity contribution in [2.45, 2.75) is 0 Å². The second-order valence-electron chi connectivity index (χ2n) is 4.33. The van der Waals surface area contributed by atoms with Gasteiger partial charge in [0.15, 0.2) is 0 Å². The molecule has 3 aromatic rings. The molecule has 1 heterocycles. The van der Waals surface area contributed by atoms with Crippen LogP contribution in [0.5, 0.6) is 0 Å². The molecule has 20 heavy (non-hydrogen) atoms. The molecule has 0 aliphatic rings. The van der Waals surface area contributed by atoms with Crippen molar-refractivity contribution in [1.29, 1.82) is 0 Å². The van der Waals surface area contributed by atoms with Gasteiger partial charge in [-0.05, 0) is 24.3 Å². The molecule has 0 saturated carbocycles. The number of amides is 1. The summed E-state index contributed by atoms with van der Waals surface area (Å²) in [5, 5.41) is 10.9. The van der Waals surface area contributed by atoms with E-state index in [1.807, 2.05) is 12.1 Å². The molecule has 0 unspecified atom stereocenters. The number of benzene rings is 2. The summed E-state index contributed by atoms with van der Waals surface area (Å²) < 4.78 is 0. The second-order valence-corrected chi connectivity index (χ2v) is 4.74. The van der Waals surface area contributed by atoms with E-state index in [4.69, 9.17) is 17.3 Å². The minimum atomic E-state index is -0.256. The third kappa shape index (κ3) is 2.19. The number of aromatic amines is 1. The Balaban J connectivity index is 1.92. The quantitative estimate of drug-likeness (QED) is 0.633. The Morgan fingerprint density at radius 3 is 2.95 bits per heavy atom. The topological polar surface area (TPSA) is 83.8 Å². The Kier molecular flexibility index (Phi) is 3.04. The molecule has 0 atom stereocenters. The number of aromatic nitrogens is 2. The fraction of sp³-hybridized carbons (Fsp3) is 0. The number of halogens is 1. The standard InChI is InChI=1S/C14H11ClN4O/c15-10-6-8(4-5-11(10)16)14(20)18-12-3-1-2-9-7-17-19-13(9)12/h1-7H,16H2,(H,17,19)(H,18,20). The lowest BCUT2D eigenvalue weighted by atomic mass is 10.1. The van der Waals surface area contributed by atoms with Crippen molar-refractivity contribution in [3.05, 3.63) is 53.2 Å². The number of rotatable bonds is 2. The summed E-state index contributed by atoms with van der Waals surface area (Å²) >= 11 is 5.92. The first-order chi connectivity index (χ1) is 9.65. The molecular weight excluding hydrogens is 276 g/mol. The minimum absolute atomic E-state index is 0.256. The molecule has 1 amide bonds. The van der Waals surface area contributed by atoms with Crippen LogP contribution in [-0.2, 0) is 0 Å². The van der Waals surface area contributed by atoms with Gasteiger partial charge in [0.05, 0.1) is 28.1 Å². The average molecular weight is 287 g/mol. The summed E-state index contributed by atoms with van der Waals surface area (Å²) in [4.78, 5) is 12.2. The normalized spacial score (nSPS) is 10.7. The Labute approximate surface area is 119 Å². The lowest BCUT2D eigenvalue weighted by Gasteiger charge is -2.07. The number of H-pyrrole nitrogens is 1. The SMILES string of the molecule is Nc1ccc(C(=O)Nc2cccc3cn[nH]c23)cc1Cl. The first-order valence-electron chi connectivity index (χ1n) is 5.93. The first kappa shape index (κ1) is 12.5. The van der Waals surface area contributed by atoms with E-state index in [-0.39, 0.29) is 5.91 Å². The van der Waals surface area contributed by atoms with Crippen LogP contribution < -0.4 is 11.1 Å². The summed E-state index contributed by atoms with van der Waals surface area (Å²) in [6.45, 7) is 0. The highest BCUT2D eigenvalue weighted by Gasteiger charge is 2.10. The molecule has 0 bridgehead atoms. The van der Waals surface area contributed by atoms with Gasteiger partial charge in [0.1, 0.15) is 0 Å². The van der Waals surface area contributed by atoms with E-state index >= 15 is 0 Å². The number of nitrogens with two attached hydrogens (primary N) is 1. The highest BCUT2D eigenvalue weighted by Crippen LogP contribution is 2.23. The van der Waals surface area contributed by atoms with Crippen LogP contribution in [0, 0.1) is 0 Å². The zero-order valence-electron chi connectivity index (χ0n) is 10.4. The third-order valence-corrected chi connectivity index (χ3v) is 3.31. The highest BCUT2D eigenvalue weighted by molar-refractivity contribution is 6.33. The maximum absolute atomic E-state index is 12.2. The van der Waals surface area contributed by atoms with Crippen LogP contribution in [-0.4, -0.2) is 16.1 Å². The van der Waals surface area contributed by atoms with Crippen LogP contribution in [0.4, 0.5) is 11.4 Å². The maximum atomic E-state index is 12.2. The van der Waals surface area contributed by atoms with Crippen molar-refractivity contribution < 1.29 is 4.79 Å². The number of nitrogens with one attached hydrogen (secondary N) is 2. The van der Waals surface area contributed by atoms with Crippen molar-refractivity contribution in [2.75, 3.05) is 11.1 Å². The number of fused-ring (bicyclic) bond motifs is 1. The van der Waals surface area contributed by atoms with Gasteiger partial charge in [0.2, 0.25) is 0 Å². The maximum Gasteiger partial charge on any atom is 0.255 e. The van der Waals surface area contributed by atoms with Gasteiger partial charge in [-0.1, -0.05) is 23.7 Å². The van der Waals surface area contributed by atoms with E-state index in [0.717, 1.165) is 10.9 Å². The predicted octanol–water partition coefficient (Wildman–Crippen LogP) is 3.05. The van der Waals surface area contributed by atoms with Crippen LogP contribution in [0.25, 0.3) is 10.9 Å². The Hall–Kier alpha value is -2.53. The smallest absolute Gasteiger partial charge is 0.255 e. The van der Waals surface area contributed by atoms with Crippen molar-refractivity contribution in [3.8, 4) is 0 Å². The second kappa shape index (κ2) is 4.86. The van der Waals surface area contributed by atoms with Gasteiger partial charge in [-0.2, -0.15) is 5.10 Å². The van der Waals surface area contributed by atoms with Crippen molar-refractivity contribution in [2.24, 2.45) is 0 Å². The number of nitrogens with zero attached hydrogens (tertiary/aromatic N) is 1. The molecule has 1 aromatic heterocycles. The van der Waals surface area contributed by atoms with E-state index in [1.165, 1.54) is 0 Å². The zero-order valence-corrected chi connectivity index (χ0v) is 11.1. The van der Waals surface area contributed by atoms with E-state index in [9.17, 15) is 4.79 Å². The van der Waals surface area contributed by atoms with E-state index in [0.29, 0.717) is 22.0 Å². The third-order valence-electron chi connectivity index (χ3n) is 2.99. The van der Waals surface area contributed by atoms with Crippen LogP contribution in [0.1, 0.15) is 10.4 Å². The van der Waals surface area contributed by atoms with Gasteiger partial charge in [-0.15, -0.1) is 0 Å². The molecule has 100 valence electrons. The molecule has 0 spiro atoms. The fourth-order valence-electron chi connectivity index (χ4n) is 1.94. The number of anilines is 2. The van der Waals surface area contributed by atoms with Gasteiger partial charge in [-0.3, -0.25) is 9.89 Å². The molecule has 0 fully saturated rings. The van der Waals surface area contributed by atoms with E-state index in [1.54, 1.807) is 30.5 Å². The number of hydrogen-bond donors (Lipinski definition) is 3. The molecule has 5 nitrogen and oxygen atoms in total. The summed E-state index contributed by atoms with van der Waals surface area (Å²) in [5.41, 5.74) is 7.96. The van der Waals surface area contributed by atoms with E-state index in [2.05, 4.69) is 15.5 Å². The van der Waals surface area contributed by atoms with Gasteiger partial charge in [0.25, 0.3) is 5.91 Å². The molecule has 2 aromatic carbocycles. The van der Waals surface area contributed by atoms with E-state index < -0.39 is 0 Å². The number of carbonyl (C=O) groups excluding carboxylic acids is 1. The fourth-order valence-corrected chi connectivity index (χ4v) is 2.12. The van der Waals surface area contributed by atoms with Crippen LogP contribution >= 0.6 is 11.6 Å². The summed E-state index contributed by atoms with van der Waals surface area (Å²) in [6.07, 6.45) is 1.70. The molecule has 0 aliphatic heterocycles. The Bertz CT molecular complexity index is 797. The van der Waals surface area contributed by atoms with Gasteiger partial charge in [0, 0.05) is 10.9 Å². The number of carbonyl (C=O) groups is 1. The average Bonchev–Trinajstić information content (AvgIpc) is 2.91. The molecule has 0 saturated heterocycles. The number of para-hydroxylation sites is 1. The molecule has 0 radical (unpaired) electrons. The van der Waals surface area contributed by atoms with Gasteiger partial charge >= 0.3 is 0 Å². The molecule has 6 heteroatoms. The molecule has 3 rings (SSSR count). The predicted molar refractivity (Wildman–Crippen MR) is 79.9 cm³/mol. The summed E-state index contributed by atoms with van der Waals surface area (Å²) in [7, 11) is 0. The molecular formula is C14H11ClN4O. The summed E-state index contributed by atoms with van der Waals surface area (Å²) in [5.74, 6) is -0.256. The lowest BCUT2D eigenvalue weighted by molar-refractivity contribution is 0.102. The monoisotopic (exact) mass is 286 g/mol. The van der Waals surface area contributed by atoms with Crippen molar-refractivity contribution >= 4 is 39.8 Å². The molecule has 4 N–H and O–H groups in total. The lowest BCUT2D eigenvalue weighted by Crippen LogP contribution is -2.12. The first-order valence-corrected chi connectivity index (χ1v) is 6.31. The van der Waals surface area contributed by atoms with Crippen molar-refractivity contribution in [1.82, 2.24) is 10.2 Å².